The van der Waals surface area contributed by atoms with Gasteiger partial charge in [0, 0.05) is 12.7 Å². The third-order valence-electron chi connectivity index (χ3n) is 2.72. The smallest absolute Gasteiger partial charge is 0.265 e. The predicted molar refractivity (Wildman–Crippen MR) is 78.2 cm³/mol. The molecule has 0 saturated heterocycles. The van der Waals surface area contributed by atoms with Gasteiger partial charge in [-0.25, -0.2) is 18.4 Å². The summed E-state index contributed by atoms with van der Waals surface area (Å²) in [5.41, 5.74) is 0.317. The highest BCUT2D eigenvalue weighted by Gasteiger charge is 2.16. The average molecular weight is 310 g/mol. The van der Waals surface area contributed by atoms with Crippen LogP contribution in [0.4, 0.5) is 5.69 Å². The molecule has 0 aliphatic carbocycles. The van der Waals surface area contributed by atoms with Gasteiger partial charge in [0.1, 0.15) is 11.2 Å². The van der Waals surface area contributed by atoms with Crippen LogP contribution in [0.2, 0.25) is 0 Å². The van der Waals surface area contributed by atoms with Gasteiger partial charge in [0.05, 0.1) is 24.3 Å². The second-order valence-corrected chi connectivity index (χ2v) is 6.06. The number of hydrogen-bond donors (Lipinski definition) is 2. The highest BCUT2D eigenvalue weighted by atomic mass is 32.2. The molecule has 2 rings (SSSR count). The van der Waals surface area contributed by atoms with Gasteiger partial charge in [-0.1, -0.05) is 6.92 Å². The molecule has 9 heteroatoms. The van der Waals surface area contributed by atoms with Gasteiger partial charge in [-0.15, -0.1) is 0 Å². The molecule has 21 heavy (non-hydrogen) atoms. The van der Waals surface area contributed by atoms with E-state index in [-0.39, 0.29) is 4.90 Å². The molecule has 0 bridgehead atoms. The quantitative estimate of drug-likeness (QED) is 0.687. The van der Waals surface area contributed by atoms with Crippen LogP contribution in [0.15, 0.2) is 36.0 Å². The standard InChI is InChI=1S/C12H18N6O2S/c1-2-13-4-3-5-18-9-12(8-16-18)21(19,20)17-11-6-14-10-15-7-11/h6-10,13,17H,2-5H2,1H3. The first kappa shape index (κ1) is 15.4. The molecular formula is C12H18N6O2S. The summed E-state index contributed by atoms with van der Waals surface area (Å²) >= 11 is 0. The van der Waals surface area contributed by atoms with Crippen molar-refractivity contribution in [3.63, 3.8) is 0 Å². The normalized spacial score (nSPS) is 11.5. The Bertz CT molecular complexity index is 655. The Morgan fingerprint density at radius 1 is 1.24 bits per heavy atom. The number of anilines is 1. The Labute approximate surface area is 123 Å². The zero-order valence-corrected chi connectivity index (χ0v) is 12.5. The van der Waals surface area contributed by atoms with Crippen LogP contribution in [-0.4, -0.2) is 41.3 Å². The molecule has 2 N–H and O–H groups in total. The third kappa shape index (κ3) is 4.50. The van der Waals surface area contributed by atoms with E-state index in [0.29, 0.717) is 12.2 Å². The molecule has 0 aliphatic heterocycles. The fourth-order valence-corrected chi connectivity index (χ4v) is 2.69. The van der Waals surface area contributed by atoms with Gasteiger partial charge in [0.15, 0.2) is 0 Å². The fraction of sp³-hybridized carbons (Fsp3) is 0.417. The van der Waals surface area contributed by atoms with Crippen LogP contribution in [0.25, 0.3) is 0 Å². The van der Waals surface area contributed by atoms with Crippen LogP contribution in [0, 0.1) is 0 Å². The summed E-state index contributed by atoms with van der Waals surface area (Å²) in [5, 5.41) is 7.26. The third-order valence-corrected chi connectivity index (χ3v) is 4.06. The Morgan fingerprint density at radius 3 is 2.71 bits per heavy atom. The highest BCUT2D eigenvalue weighted by Crippen LogP contribution is 2.13. The Kier molecular flexibility index (Phi) is 5.23. The Hall–Kier alpha value is -2.00. The van der Waals surface area contributed by atoms with Crippen LogP contribution in [0.1, 0.15) is 13.3 Å². The van der Waals surface area contributed by atoms with Crippen molar-refractivity contribution in [3.8, 4) is 0 Å². The minimum Gasteiger partial charge on any atom is -0.317 e. The molecule has 2 aromatic rings. The predicted octanol–water partition coefficient (Wildman–Crippen LogP) is 0.473. The summed E-state index contributed by atoms with van der Waals surface area (Å²) in [6.07, 6.45) is 7.85. The van der Waals surface area contributed by atoms with E-state index in [9.17, 15) is 8.42 Å². The second-order valence-electron chi connectivity index (χ2n) is 4.38. The summed E-state index contributed by atoms with van der Waals surface area (Å²) in [4.78, 5) is 7.64. The van der Waals surface area contributed by atoms with Crippen molar-refractivity contribution in [1.29, 1.82) is 0 Å². The van der Waals surface area contributed by atoms with Crippen LogP contribution in [0.3, 0.4) is 0 Å². The molecule has 0 atom stereocenters. The lowest BCUT2D eigenvalue weighted by atomic mass is 10.4. The SMILES string of the molecule is CCNCCCn1cc(S(=O)(=O)Nc2cncnc2)cn1. The summed E-state index contributed by atoms with van der Waals surface area (Å²) in [6.45, 7) is 4.49. The van der Waals surface area contributed by atoms with Gasteiger partial charge in [0.25, 0.3) is 10.0 Å². The van der Waals surface area contributed by atoms with E-state index in [1.807, 2.05) is 6.92 Å². The number of sulfonamides is 1. The number of hydrogen-bond acceptors (Lipinski definition) is 6. The maximum Gasteiger partial charge on any atom is 0.265 e. The molecule has 0 radical (unpaired) electrons. The monoisotopic (exact) mass is 310 g/mol. The minimum absolute atomic E-state index is 0.120. The first-order valence-corrected chi connectivity index (χ1v) is 8.11. The Balaban J connectivity index is 1.99. The molecule has 8 nitrogen and oxygen atoms in total. The van der Waals surface area contributed by atoms with E-state index in [4.69, 9.17) is 0 Å². The summed E-state index contributed by atoms with van der Waals surface area (Å²) in [7, 11) is -3.66. The Morgan fingerprint density at radius 2 is 2.00 bits per heavy atom. The average Bonchev–Trinajstić information content (AvgIpc) is 2.94. The highest BCUT2D eigenvalue weighted by molar-refractivity contribution is 7.92. The molecule has 114 valence electrons. The van der Waals surface area contributed by atoms with Gasteiger partial charge in [0.2, 0.25) is 0 Å². The number of nitrogens with one attached hydrogen (secondary N) is 2. The molecule has 0 aliphatic rings. The summed E-state index contributed by atoms with van der Waals surface area (Å²) < 4.78 is 28.3. The van der Waals surface area contributed by atoms with Gasteiger partial charge < -0.3 is 5.32 Å². The van der Waals surface area contributed by atoms with Crippen molar-refractivity contribution in [2.24, 2.45) is 0 Å². The molecule has 0 amide bonds. The maximum absolute atomic E-state index is 12.2. The van der Waals surface area contributed by atoms with Gasteiger partial charge in [-0.2, -0.15) is 5.10 Å². The van der Waals surface area contributed by atoms with E-state index in [1.54, 1.807) is 4.68 Å². The van der Waals surface area contributed by atoms with Crippen LogP contribution in [0.5, 0.6) is 0 Å². The van der Waals surface area contributed by atoms with Crippen molar-refractivity contribution >= 4 is 15.7 Å². The van der Waals surface area contributed by atoms with Crippen molar-refractivity contribution in [2.75, 3.05) is 17.8 Å². The first-order valence-electron chi connectivity index (χ1n) is 6.63. The molecule has 0 aromatic carbocycles. The second kappa shape index (κ2) is 7.14. The van der Waals surface area contributed by atoms with E-state index in [2.05, 4.69) is 25.1 Å². The lowest BCUT2D eigenvalue weighted by Gasteiger charge is -2.04. The topological polar surface area (TPSA) is 102 Å². The van der Waals surface area contributed by atoms with Crippen LogP contribution >= 0.6 is 0 Å². The fourth-order valence-electron chi connectivity index (χ4n) is 1.71. The summed E-state index contributed by atoms with van der Waals surface area (Å²) in [5.74, 6) is 0. The molecule has 0 saturated carbocycles. The molecular weight excluding hydrogens is 292 g/mol. The maximum atomic E-state index is 12.2. The molecule has 0 unspecified atom stereocenters. The van der Waals surface area contributed by atoms with E-state index in [1.165, 1.54) is 31.1 Å². The number of aryl methyl sites for hydroxylation is 1. The van der Waals surface area contributed by atoms with Gasteiger partial charge in [-0.3, -0.25) is 9.40 Å². The van der Waals surface area contributed by atoms with E-state index in [0.717, 1.165) is 19.5 Å². The van der Waals surface area contributed by atoms with E-state index >= 15 is 0 Å². The minimum atomic E-state index is -3.66. The largest absolute Gasteiger partial charge is 0.317 e. The molecule has 0 spiro atoms. The van der Waals surface area contributed by atoms with Crippen molar-refractivity contribution in [3.05, 3.63) is 31.1 Å². The zero-order chi connectivity index (χ0) is 15.1. The van der Waals surface area contributed by atoms with Crippen LogP contribution < -0.4 is 10.0 Å². The zero-order valence-electron chi connectivity index (χ0n) is 11.7. The number of rotatable bonds is 8. The lowest BCUT2D eigenvalue weighted by molar-refractivity contribution is 0.549. The first-order chi connectivity index (χ1) is 10.1. The van der Waals surface area contributed by atoms with Crippen molar-refractivity contribution in [1.82, 2.24) is 25.1 Å². The molecule has 0 fully saturated rings. The lowest BCUT2D eigenvalue weighted by Crippen LogP contribution is -2.16. The number of aromatic nitrogens is 4. The van der Waals surface area contributed by atoms with Gasteiger partial charge >= 0.3 is 0 Å². The van der Waals surface area contributed by atoms with Crippen LogP contribution in [-0.2, 0) is 16.6 Å². The van der Waals surface area contributed by atoms with Gasteiger partial charge in [-0.05, 0) is 19.5 Å². The van der Waals surface area contributed by atoms with E-state index < -0.39 is 10.0 Å². The number of nitrogens with zero attached hydrogens (tertiary/aromatic N) is 4. The van der Waals surface area contributed by atoms with Crippen molar-refractivity contribution in [2.45, 2.75) is 24.8 Å². The summed E-state index contributed by atoms with van der Waals surface area (Å²) in [6, 6.07) is 0. The van der Waals surface area contributed by atoms with Crippen molar-refractivity contribution < 1.29 is 8.42 Å². The molecule has 2 heterocycles. The molecule has 2 aromatic heterocycles.